The summed E-state index contributed by atoms with van der Waals surface area (Å²) in [5.74, 6) is 0.554. The second-order valence-corrected chi connectivity index (χ2v) is 14.6. The summed E-state index contributed by atoms with van der Waals surface area (Å²) in [6, 6.07) is 14.5. The van der Waals surface area contributed by atoms with Crippen molar-refractivity contribution in [3.05, 3.63) is 72.6 Å². The third-order valence-electron chi connectivity index (χ3n) is 10.4. The number of imidazole rings is 2. The first-order valence-electron chi connectivity index (χ1n) is 18.2. The molecule has 6 rings (SSSR count). The Hall–Kier alpha value is -5.66. The molecule has 14 nitrogen and oxygen atoms in total. The maximum atomic E-state index is 13.3. The maximum Gasteiger partial charge on any atom is 0.407 e. The van der Waals surface area contributed by atoms with Crippen molar-refractivity contribution >= 4 is 24.0 Å². The van der Waals surface area contributed by atoms with E-state index in [1.807, 2.05) is 52.0 Å². The van der Waals surface area contributed by atoms with Crippen molar-refractivity contribution in [1.29, 1.82) is 0 Å². The fraction of sp³-hybridized carbons (Fsp3) is 0.436. The molecule has 14 heteroatoms. The van der Waals surface area contributed by atoms with Crippen LogP contribution in [0.4, 0.5) is 9.59 Å². The summed E-state index contributed by atoms with van der Waals surface area (Å²) < 4.78 is 4.72. The summed E-state index contributed by atoms with van der Waals surface area (Å²) in [6.45, 7) is 7.95. The Balaban J connectivity index is 1.11. The second kappa shape index (κ2) is 15.5. The minimum atomic E-state index is -1.21. The molecule has 3 heterocycles. The fourth-order valence-electron chi connectivity index (χ4n) is 7.17. The van der Waals surface area contributed by atoms with Crippen LogP contribution in [0.15, 0.2) is 60.9 Å². The van der Waals surface area contributed by atoms with Gasteiger partial charge in [-0.3, -0.25) is 9.59 Å². The number of methoxy groups -OCH3 is 1. The second-order valence-electron chi connectivity index (χ2n) is 14.6. The van der Waals surface area contributed by atoms with E-state index in [4.69, 9.17) is 4.74 Å². The highest BCUT2D eigenvalue weighted by Crippen LogP contribution is 2.41. The van der Waals surface area contributed by atoms with Crippen molar-refractivity contribution in [3.8, 4) is 33.6 Å². The first-order chi connectivity index (χ1) is 25.4. The van der Waals surface area contributed by atoms with E-state index < -0.39 is 29.8 Å². The van der Waals surface area contributed by atoms with Gasteiger partial charge in [0.25, 0.3) is 0 Å². The SMILES string of the molecule is COC(=O)NC(C(=O)NC1(c2ncc(-c3ccc(-c4ccc(-c5cnc(C6CCCN6C(=O)C(NC(=O)O)C(C)C)[nH]5)cc4)cc3)[nH]2)CCC1)C(C)C. The van der Waals surface area contributed by atoms with Gasteiger partial charge in [0, 0.05) is 6.54 Å². The largest absolute Gasteiger partial charge is 0.465 e. The highest BCUT2D eigenvalue weighted by molar-refractivity contribution is 5.87. The van der Waals surface area contributed by atoms with Crippen molar-refractivity contribution < 1.29 is 29.0 Å². The molecule has 1 saturated heterocycles. The van der Waals surface area contributed by atoms with Crippen molar-refractivity contribution in [2.45, 2.75) is 83.5 Å². The molecule has 6 N–H and O–H groups in total. The van der Waals surface area contributed by atoms with Crippen LogP contribution >= 0.6 is 0 Å². The van der Waals surface area contributed by atoms with E-state index >= 15 is 0 Å². The van der Waals surface area contributed by atoms with Crippen LogP contribution in [-0.2, 0) is 19.9 Å². The van der Waals surface area contributed by atoms with E-state index in [0.717, 1.165) is 65.7 Å². The van der Waals surface area contributed by atoms with Crippen LogP contribution in [0.1, 0.15) is 77.5 Å². The van der Waals surface area contributed by atoms with E-state index in [0.29, 0.717) is 18.2 Å². The van der Waals surface area contributed by atoms with Crippen molar-refractivity contribution in [3.63, 3.8) is 0 Å². The molecule has 53 heavy (non-hydrogen) atoms. The molecule has 2 aromatic heterocycles. The van der Waals surface area contributed by atoms with E-state index in [9.17, 15) is 24.3 Å². The number of hydrogen-bond donors (Lipinski definition) is 6. The van der Waals surface area contributed by atoms with E-state index in [-0.39, 0.29) is 29.7 Å². The van der Waals surface area contributed by atoms with Gasteiger partial charge in [-0.05, 0) is 66.2 Å². The molecule has 0 radical (unpaired) electrons. The van der Waals surface area contributed by atoms with Crippen LogP contribution < -0.4 is 16.0 Å². The molecule has 4 aromatic rings. The standard InChI is InChI=1S/C39H48N8O6/c1-22(2)31(45-38(52)53-5)34(48)46-39(17-7-18-39)36-41-21-29(43-36)27-15-11-25(12-16-27)24-9-13-26(14-10-24)28-20-40-33(42-28)30-8-6-19-47(30)35(49)32(23(3)4)44-37(50)51/h9-16,20-23,30-32,44H,6-8,17-19H2,1-5H3,(H,40,42)(H,41,43)(H,45,52)(H,46,48)(H,50,51). The molecule has 3 atom stereocenters. The Bertz CT molecular complexity index is 1930. The summed E-state index contributed by atoms with van der Waals surface area (Å²) >= 11 is 0. The summed E-state index contributed by atoms with van der Waals surface area (Å²) in [4.78, 5) is 67.7. The van der Waals surface area contributed by atoms with Crippen LogP contribution in [0.2, 0.25) is 0 Å². The molecule has 3 unspecified atom stereocenters. The number of likely N-dealkylation sites (tertiary alicyclic amines) is 1. The third-order valence-corrected chi connectivity index (χ3v) is 10.4. The van der Waals surface area contributed by atoms with Crippen molar-refractivity contribution in [2.24, 2.45) is 11.8 Å². The number of ether oxygens (including phenoxy) is 1. The number of carbonyl (C=O) groups is 4. The lowest BCUT2D eigenvalue weighted by molar-refractivity contribution is -0.135. The lowest BCUT2D eigenvalue weighted by atomic mass is 9.75. The molecule has 1 saturated carbocycles. The highest BCUT2D eigenvalue weighted by Gasteiger charge is 2.44. The van der Waals surface area contributed by atoms with Crippen LogP contribution in [0.25, 0.3) is 33.6 Å². The number of carboxylic acid groups (broad SMARTS) is 1. The Morgan fingerprint density at radius 2 is 1.38 bits per heavy atom. The van der Waals surface area contributed by atoms with Gasteiger partial charge in [0.2, 0.25) is 11.8 Å². The third kappa shape index (κ3) is 7.91. The zero-order valence-corrected chi connectivity index (χ0v) is 30.7. The molecule has 1 aliphatic heterocycles. The first kappa shape index (κ1) is 37.1. The fourth-order valence-corrected chi connectivity index (χ4v) is 7.17. The maximum absolute atomic E-state index is 13.3. The predicted molar refractivity (Wildman–Crippen MR) is 198 cm³/mol. The number of aromatic amines is 2. The lowest BCUT2D eigenvalue weighted by Crippen LogP contribution is -2.58. The summed E-state index contributed by atoms with van der Waals surface area (Å²) in [5.41, 5.74) is 5.05. The molecular formula is C39H48N8O6. The number of H-pyrrole nitrogens is 2. The minimum Gasteiger partial charge on any atom is -0.465 e. The van der Waals surface area contributed by atoms with E-state index in [1.165, 1.54) is 7.11 Å². The average molecular weight is 725 g/mol. The van der Waals surface area contributed by atoms with Gasteiger partial charge in [-0.1, -0.05) is 76.2 Å². The number of nitrogens with zero attached hydrogens (tertiary/aromatic N) is 3. The normalized spacial score (nSPS) is 17.6. The number of benzene rings is 2. The number of alkyl carbamates (subject to hydrolysis) is 1. The van der Waals surface area contributed by atoms with Gasteiger partial charge in [-0.2, -0.15) is 0 Å². The van der Waals surface area contributed by atoms with Gasteiger partial charge in [0.1, 0.15) is 23.7 Å². The Morgan fingerprint density at radius 3 is 1.91 bits per heavy atom. The Morgan fingerprint density at radius 1 is 0.811 bits per heavy atom. The molecule has 0 bridgehead atoms. The van der Waals surface area contributed by atoms with E-state index in [2.05, 4.69) is 60.2 Å². The number of carbonyl (C=O) groups excluding carboxylic acids is 3. The number of amides is 4. The zero-order chi connectivity index (χ0) is 37.9. The van der Waals surface area contributed by atoms with E-state index in [1.54, 1.807) is 17.3 Å². The average Bonchev–Trinajstić information content (AvgIpc) is 3.92. The molecule has 1 aliphatic carbocycles. The van der Waals surface area contributed by atoms with Crippen LogP contribution in [-0.4, -0.2) is 79.7 Å². The van der Waals surface area contributed by atoms with Gasteiger partial charge in [0.05, 0.1) is 42.5 Å². The topological polar surface area (TPSA) is 194 Å². The zero-order valence-electron chi connectivity index (χ0n) is 30.7. The molecule has 4 amide bonds. The molecule has 2 aromatic carbocycles. The molecule has 2 fully saturated rings. The van der Waals surface area contributed by atoms with Crippen molar-refractivity contribution in [1.82, 2.24) is 40.8 Å². The van der Waals surface area contributed by atoms with Gasteiger partial charge < -0.3 is 40.7 Å². The molecule has 0 spiro atoms. The van der Waals surface area contributed by atoms with Crippen LogP contribution in [0.3, 0.4) is 0 Å². The van der Waals surface area contributed by atoms with Crippen molar-refractivity contribution in [2.75, 3.05) is 13.7 Å². The highest BCUT2D eigenvalue weighted by atomic mass is 16.5. The smallest absolute Gasteiger partial charge is 0.407 e. The van der Waals surface area contributed by atoms with Gasteiger partial charge >= 0.3 is 12.2 Å². The van der Waals surface area contributed by atoms with Gasteiger partial charge in [-0.15, -0.1) is 0 Å². The number of aromatic nitrogens is 4. The number of nitrogens with one attached hydrogen (secondary N) is 5. The molecular weight excluding hydrogens is 676 g/mol. The Kier molecular flexibility index (Phi) is 10.9. The summed E-state index contributed by atoms with van der Waals surface area (Å²) in [7, 11) is 1.27. The molecule has 280 valence electrons. The number of hydrogen-bond acceptors (Lipinski definition) is 7. The molecule has 2 aliphatic rings. The van der Waals surface area contributed by atoms with Gasteiger partial charge in [0.15, 0.2) is 0 Å². The van der Waals surface area contributed by atoms with Crippen LogP contribution in [0, 0.1) is 11.8 Å². The number of rotatable bonds is 12. The monoisotopic (exact) mass is 724 g/mol. The first-order valence-corrected chi connectivity index (χ1v) is 18.2. The summed E-state index contributed by atoms with van der Waals surface area (Å²) in [6.07, 6.45) is 5.70. The quantitative estimate of drug-likeness (QED) is 0.103. The van der Waals surface area contributed by atoms with Gasteiger partial charge in [-0.25, -0.2) is 19.6 Å². The predicted octanol–water partition coefficient (Wildman–Crippen LogP) is 5.97. The summed E-state index contributed by atoms with van der Waals surface area (Å²) in [5, 5.41) is 17.4. The minimum absolute atomic E-state index is 0.132. The lowest BCUT2D eigenvalue weighted by Gasteiger charge is -2.42. The van der Waals surface area contributed by atoms with Crippen LogP contribution in [0.5, 0.6) is 0 Å². The Labute approximate surface area is 308 Å².